The van der Waals surface area contributed by atoms with Gasteiger partial charge in [0, 0.05) is 26.1 Å². The van der Waals surface area contributed by atoms with E-state index in [1.54, 1.807) is 7.05 Å². The predicted octanol–water partition coefficient (Wildman–Crippen LogP) is -1.68. The molecule has 0 radical (unpaired) electrons. The fourth-order valence-electron chi connectivity index (χ4n) is 1.05. The third-order valence-electron chi connectivity index (χ3n) is 1.92. The van der Waals surface area contributed by atoms with E-state index in [0.717, 1.165) is 11.3 Å². The van der Waals surface area contributed by atoms with Crippen molar-refractivity contribution in [3.05, 3.63) is 0 Å². The Bertz CT molecular complexity index is 514. The van der Waals surface area contributed by atoms with Crippen molar-refractivity contribution in [3.8, 4) is 0 Å². The van der Waals surface area contributed by atoms with Crippen LogP contribution in [0, 0.1) is 0 Å². The van der Waals surface area contributed by atoms with Crippen LogP contribution in [0.4, 0.5) is 5.13 Å². The molecule has 0 aliphatic carbocycles. The summed E-state index contributed by atoms with van der Waals surface area (Å²) in [7, 11) is -1.97. The normalized spacial score (nSPS) is 11.5. The summed E-state index contributed by atoms with van der Waals surface area (Å²) in [5.41, 5.74) is 5.22. The fourth-order valence-corrected chi connectivity index (χ4v) is 3.04. The van der Waals surface area contributed by atoms with Crippen molar-refractivity contribution in [3.63, 3.8) is 0 Å². The average Bonchev–Trinajstić information content (AvgIpc) is 2.78. The number of hydrogen-bond donors (Lipinski definition) is 4. The highest BCUT2D eigenvalue weighted by Crippen LogP contribution is 2.19. The number of amides is 1. The Balaban J connectivity index is 2.65. The molecule has 0 aliphatic rings. The van der Waals surface area contributed by atoms with Crippen LogP contribution < -0.4 is 21.1 Å². The van der Waals surface area contributed by atoms with Crippen LogP contribution in [0.1, 0.15) is 6.42 Å². The molecule has 9 nitrogen and oxygen atoms in total. The molecule has 19 heavy (non-hydrogen) atoms. The zero-order chi connectivity index (χ0) is 14.3. The summed E-state index contributed by atoms with van der Waals surface area (Å²) in [4.78, 5) is 11.3. The molecule has 0 saturated heterocycles. The Morgan fingerprint density at radius 1 is 1.37 bits per heavy atom. The zero-order valence-electron chi connectivity index (χ0n) is 10.3. The van der Waals surface area contributed by atoms with Gasteiger partial charge >= 0.3 is 0 Å². The number of aromatic nitrogens is 2. The van der Waals surface area contributed by atoms with Gasteiger partial charge in [-0.15, -0.1) is 10.2 Å². The number of carbonyl (C=O) groups excluding carboxylic acids is 1. The summed E-state index contributed by atoms with van der Waals surface area (Å²) >= 11 is 0.786. The Labute approximate surface area is 115 Å². The molecule has 1 amide bonds. The van der Waals surface area contributed by atoms with Crippen LogP contribution >= 0.6 is 11.3 Å². The molecule has 0 fully saturated rings. The molecule has 0 atom stereocenters. The van der Waals surface area contributed by atoms with Crippen molar-refractivity contribution in [2.24, 2.45) is 5.73 Å². The summed E-state index contributed by atoms with van der Waals surface area (Å²) in [5, 5.41) is 12.5. The van der Waals surface area contributed by atoms with Gasteiger partial charge in [0.05, 0.1) is 0 Å². The van der Waals surface area contributed by atoms with Crippen molar-refractivity contribution in [2.45, 2.75) is 10.8 Å². The van der Waals surface area contributed by atoms with E-state index in [0.29, 0.717) is 6.54 Å². The minimum absolute atomic E-state index is 0.132. The SMILES string of the molecule is CNCCNS(=O)(=O)c1nnc(NC(=O)CCN)s1. The van der Waals surface area contributed by atoms with Crippen LogP contribution in [0.5, 0.6) is 0 Å². The maximum atomic E-state index is 11.8. The third kappa shape index (κ3) is 5.16. The maximum Gasteiger partial charge on any atom is 0.269 e. The van der Waals surface area contributed by atoms with Crippen molar-refractivity contribution in [1.82, 2.24) is 20.2 Å². The third-order valence-corrected chi connectivity index (χ3v) is 4.59. The second kappa shape index (κ2) is 7.45. The van der Waals surface area contributed by atoms with Crippen molar-refractivity contribution >= 4 is 32.4 Å². The molecule has 5 N–H and O–H groups in total. The van der Waals surface area contributed by atoms with Crippen molar-refractivity contribution in [1.29, 1.82) is 0 Å². The highest BCUT2D eigenvalue weighted by atomic mass is 32.2. The molecule has 11 heteroatoms. The number of nitrogens with two attached hydrogens (primary N) is 1. The minimum Gasteiger partial charge on any atom is -0.330 e. The van der Waals surface area contributed by atoms with Gasteiger partial charge in [-0.05, 0) is 7.05 Å². The van der Waals surface area contributed by atoms with Gasteiger partial charge in [-0.25, -0.2) is 13.1 Å². The second-order valence-corrected chi connectivity index (χ2v) is 6.38. The number of carbonyl (C=O) groups is 1. The molecular weight excluding hydrogens is 292 g/mol. The first kappa shape index (κ1) is 15.9. The van der Waals surface area contributed by atoms with Gasteiger partial charge in [0.1, 0.15) is 0 Å². The molecule has 0 aliphatic heterocycles. The van der Waals surface area contributed by atoms with Gasteiger partial charge in [-0.2, -0.15) is 0 Å². The summed E-state index contributed by atoms with van der Waals surface area (Å²) in [6.45, 7) is 0.951. The number of sulfonamides is 1. The van der Waals surface area contributed by atoms with E-state index in [4.69, 9.17) is 5.73 Å². The highest BCUT2D eigenvalue weighted by molar-refractivity contribution is 7.91. The van der Waals surface area contributed by atoms with Crippen LogP contribution in [0.15, 0.2) is 4.34 Å². The molecular formula is C8H16N6O3S2. The van der Waals surface area contributed by atoms with Crippen LogP contribution in [-0.4, -0.2) is 51.2 Å². The van der Waals surface area contributed by atoms with Gasteiger partial charge in [0.2, 0.25) is 15.4 Å². The molecule has 1 aromatic rings. The van der Waals surface area contributed by atoms with Crippen molar-refractivity contribution in [2.75, 3.05) is 32.0 Å². The smallest absolute Gasteiger partial charge is 0.269 e. The largest absolute Gasteiger partial charge is 0.330 e. The van der Waals surface area contributed by atoms with Gasteiger partial charge in [-0.1, -0.05) is 11.3 Å². The number of nitrogens with one attached hydrogen (secondary N) is 3. The van der Waals surface area contributed by atoms with Crippen molar-refractivity contribution < 1.29 is 13.2 Å². The molecule has 0 unspecified atom stereocenters. The Kier molecular flexibility index (Phi) is 6.24. The Hall–Kier alpha value is -1.14. The molecule has 1 heterocycles. The minimum atomic E-state index is -3.68. The Morgan fingerprint density at radius 2 is 2.11 bits per heavy atom. The molecule has 0 aromatic carbocycles. The van der Waals surface area contributed by atoms with E-state index in [1.165, 1.54) is 0 Å². The molecule has 0 saturated carbocycles. The first-order valence-corrected chi connectivity index (χ1v) is 7.77. The monoisotopic (exact) mass is 308 g/mol. The van der Waals surface area contributed by atoms with Crippen LogP contribution in [0.25, 0.3) is 0 Å². The molecule has 1 aromatic heterocycles. The van der Waals surface area contributed by atoms with Crippen LogP contribution in [-0.2, 0) is 14.8 Å². The lowest BCUT2D eigenvalue weighted by molar-refractivity contribution is -0.116. The fraction of sp³-hybridized carbons (Fsp3) is 0.625. The summed E-state index contributed by atoms with van der Waals surface area (Å²) in [6, 6.07) is 0. The van der Waals surface area contributed by atoms with E-state index in [1.807, 2.05) is 0 Å². The topological polar surface area (TPSA) is 139 Å². The number of nitrogens with zero attached hydrogens (tertiary/aromatic N) is 2. The van der Waals surface area contributed by atoms with E-state index < -0.39 is 10.0 Å². The molecule has 1 rings (SSSR count). The lowest BCUT2D eigenvalue weighted by Crippen LogP contribution is -2.30. The number of hydrogen-bond acceptors (Lipinski definition) is 8. The number of anilines is 1. The quantitative estimate of drug-likeness (QED) is 0.332. The standard InChI is InChI=1S/C8H16N6O3S2/c1-10-4-5-11-19(16,17)8-14-13-7(18-8)12-6(15)2-3-9/h10-11H,2-5,9H2,1H3,(H,12,13,15). The Morgan fingerprint density at radius 3 is 2.74 bits per heavy atom. The van der Waals surface area contributed by atoms with E-state index in [2.05, 4.69) is 25.6 Å². The predicted molar refractivity (Wildman–Crippen MR) is 71.3 cm³/mol. The lowest BCUT2D eigenvalue weighted by atomic mass is 10.4. The first-order chi connectivity index (χ1) is 8.99. The van der Waals surface area contributed by atoms with E-state index >= 15 is 0 Å². The van der Waals surface area contributed by atoms with Crippen LogP contribution in [0.3, 0.4) is 0 Å². The average molecular weight is 308 g/mol. The number of rotatable bonds is 8. The first-order valence-electron chi connectivity index (χ1n) is 5.47. The summed E-state index contributed by atoms with van der Waals surface area (Å²) < 4.78 is 25.7. The second-order valence-electron chi connectivity index (χ2n) is 3.46. The molecule has 108 valence electrons. The van der Waals surface area contributed by atoms with Gasteiger partial charge in [-0.3, -0.25) is 4.79 Å². The number of likely N-dealkylation sites (N-methyl/N-ethyl adjacent to an activating group) is 1. The van der Waals surface area contributed by atoms with Gasteiger partial charge < -0.3 is 16.4 Å². The van der Waals surface area contributed by atoms with E-state index in [9.17, 15) is 13.2 Å². The highest BCUT2D eigenvalue weighted by Gasteiger charge is 2.20. The molecule has 0 bridgehead atoms. The molecule has 0 spiro atoms. The van der Waals surface area contributed by atoms with Gasteiger partial charge in [0.15, 0.2) is 0 Å². The zero-order valence-corrected chi connectivity index (χ0v) is 12.0. The summed E-state index contributed by atoms with van der Waals surface area (Å²) in [5.74, 6) is -0.328. The summed E-state index contributed by atoms with van der Waals surface area (Å²) in [6.07, 6.45) is 0.141. The van der Waals surface area contributed by atoms with E-state index in [-0.39, 0.29) is 34.9 Å². The lowest BCUT2D eigenvalue weighted by Gasteiger charge is -2.01. The van der Waals surface area contributed by atoms with Crippen LogP contribution in [0.2, 0.25) is 0 Å². The maximum absolute atomic E-state index is 11.8. The van der Waals surface area contributed by atoms with Gasteiger partial charge in [0.25, 0.3) is 10.0 Å².